The molecule has 5 nitrogen and oxygen atoms in total. The molecule has 2 N–H and O–H groups in total. The number of halogens is 2. The Morgan fingerprint density at radius 1 is 0.833 bits per heavy atom. The van der Waals surface area contributed by atoms with Crippen molar-refractivity contribution in [2.45, 2.75) is 19.4 Å². The Morgan fingerprint density at radius 3 is 2.21 bits per heavy atom. The highest BCUT2D eigenvalue weighted by Crippen LogP contribution is 2.30. The van der Waals surface area contributed by atoms with Gasteiger partial charge in [0, 0.05) is 18.8 Å². The zero-order valence-corrected chi connectivity index (χ0v) is 22.6. The van der Waals surface area contributed by atoms with E-state index < -0.39 is 12.0 Å². The van der Waals surface area contributed by atoms with Crippen molar-refractivity contribution in [3.05, 3.63) is 149 Å². The first-order chi connectivity index (χ1) is 20.3. The molecule has 208 valence electrons. The average molecular weight is 561 g/mol. The van der Waals surface area contributed by atoms with Crippen molar-refractivity contribution in [1.82, 2.24) is 9.72 Å². The fourth-order valence-corrected chi connectivity index (χ4v) is 5.31. The summed E-state index contributed by atoms with van der Waals surface area (Å²) in [5, 5.41) is 14.0. The van der Waals surface area contributed by atoms with E-state index in [1.807, 2.05) is 60.1 Å². The summed E-state index contributed by atoms with van der Waals surface area (Å²) in [5.74, 6) is -2.05. The molecule has 0 radical (unpaired) electrons. The van der Waals surface area contributed by atoms with Gasteiger partial charge >= 0.3 is 5.97 Å². The van der Waals surface area contributed by atoms with Crippen LogP contribution in [0, 0.1) is 11.6 Å². The molecule has 7 heteroatoms. The van der Waals surface area contributed by atoms with E-state index in [2.05, 4.69) is 5.32 Å². The predicted molar refractivity (Wildman–Crippen MR) is 159 cm³/mol. The monoisotopic (exact) mass is 560 g/mol. The largest absolute Gasteiger partial charge is 0.478 e. The molecule has 4 aromatic carbocycles. The highest BCUT2D eigenvalue weighted by molar-refractivity contribution is 6.03. The maximum atomic E-state index is 15.2. The van der Waals surface area contributed by atoms with Crippen molar-refractivity contribution in [3.63, 3.8) is 0 Å². The van der Waals surface area contributed by atoms with Gasteiger partial charge in [-0.25, -0.2) is 13.6 Å². The zero-order chi connectivity index (χ0) is 29.4. The van der Waals surface area contributed by atoms with Crippen LogP contribution in [-0.2, 0) is 6.42 Å². The van der Waals surface area contributed by atoms with Gasteiger partial charge in [0.2, 0.25) is 0 Å². The zero-order valence-electron chi connectivity index (χ0n) is 22.6. The number of pyridine rings is 1. The Kier molecular flexibility index (Phi) is 7.00. The van der Waals surface area contributed by atoms with Crippen LogP contribution in [0.15, 0.2) is 109 Å². The summed E-state index contributed by atoms with van der Waals surface area (Å²) < 4.78 is 30.7. The van der Waals surface area contributed by atoms with Crippen LogP contribution in [0.25, 0.3) is 27.4 Å². The van der Waals surface area contributed by atoms with E-state index in [1.165, 1.54) is 30.3 Å². The third-order valence-corrected chi connectivity index (χ3v) is 7.55. The summed E-state index contributed by atoms with van der Waals surface area (Å²) in [6, 6.07) is 26.5. The van der Waals surface area contributed by atoms with Crippen LogP contribution in [-0.4, -0.2) is 21.4 Å². The lowest BCUT2D eigenvalue weighted by Gasteiger charge is -2.17. The number of rotatable bonds is 7. The second-order valence-electron chi connectivity index (χ2n) is 10.3. The number of fused-ring (bicyclic) bond motifs is 2. The first kappa shape index (κ1) is 26.9. The van der Waals surface area contributed by atoms with E-state index in [0.29, 0.717) is 22.2 Å². The van der Waals surface area contributed by atoms with Gasteiger partial charge in [0.25, 0.3) is 5.91 Å². The number of amides is 1. The highest BCUT2D eigenvalue weighted by Gasteiger charge is 2.20. The van der Waals surface area contributed by atoms with Gasteiger partial charge in [-0.3, -0.25) is 4.79 Å². The number of carbonyl (C=O) groups excluding carboxylic acids is 1. The molecule has 2 heterocycles. The fourth-order valence-electron chi connectivity index (χ4n) is 5.31. The van der Waals surface area contributed by atoms with Gasteiger partial charge in [-0.15, -0.1) is 0 Å². The summed E-state index contributed by atoms with van der Waals surface area (Å²) in [4.78, 5) is 25.1. The highest BCUT2D eigenvalue weighted by atomic mass is 19.1. The first-order valence-electron chi connectivity index (χ1n) is 13.5. The number of aromatic carboxylic acids is 1. The summed E-state index contributed by atoms with van der Waals surface area (Å²) in [7, 11) is 0. The molecule has 0 bridgehead atoms. The molecule has 6 aromatic rings. The van der Waals surface area contributed by atoms with Gasteiger partial charge in [0.1, 0.15) is 11.6 Å². The SMILES string of the molecule is C[C@H](NC(=O)c1cc(-c2ccc(F)cc2)cn2ccc(Cc3cc4ccccc4cc3F)c12)c1ccc(C(=O)O)cc1. The van der Waals surface area contributed by atoms with E-state index in [0.717, 1.165) is 27.5 Å². The minimum absolute atomic E-state index is 0.157. The van der Waals surface area contributed by atoms with Crippen molar-refractivity contribution in [3.8, 4) is 11.1 Å². The number of hydrogen-bond acceptors (Lipinski definition) is 2. The molecule has 2 aromatic heterocycles. The van der Waals surface area contributed by atoms with Gasteiger partial charge < -0.3 is 14.8 Å². The number of carboxylic acid groups (broad SMARTS) is 1. The minimum atomic E-state index is -1.03. The standard InChI is InChI=1S/C35H26F2N2O3/c1-21(22-6-8-24(9-7-22)35(41)42)38-34(40)31-18-29(23-10-12-30(36)13-11-23)20-39-15-14-27(33(31)39)17-28-16-25-4-2-3-5-26(25)19-32(28)37/h2-16,18-21H,17H2,1H3,(H,38,40)(H,41,42)/t21-/m0/s1. The summed E-state index contributed by atoms with van der Waals surface area (Å²) >= 11 is 0. The van der Waals surface area contributed by atoms with Crippen molar-refractivity contribution >= 4 is 28.2 Å². The molecular formula is C35H26F2N2O3. The van der Waals surface area contributed by atoms with Crippen molar-refractivity contribution in [2.75, 3.05) is 0 Å². The van der Waals surface area contributed by atoms with E-state index in [4.69, 9.17) is 0 Å². The quantitative estimate of drug-likeness (QED) is 0.209. The number of benzene rings is 4. The lowest BCUT2D eigenvalue weighted by atomic mass is 9.98. The Labute approximate surface area is 240 Å². The molecule has 42 heavy (non-hydrogen) atoms. The molecule has 1 atom stereocenters. The second kappa shape index (κ2) is 10.9. The van der Waals surface area contributed by atoms with Crippen LogP contribution in [0.1, 0.15) is 50.4 Å². The molecule has 0 aliphatic rings. The molecule has 0 saturated heterocycles. The van der Waals surface area contributed by atoms with Gasteiger partial charge in [-0.2, -0.15) is 0 Å². The number of nitrogens with one attached hydrogen (secondary N) is 1. The number of aromatic nitrogens is 1. The fraction of sp³-hybridized carbons (Fsp3) is 0.0857. The Morgan fingerprint density at radius 2 is 1.52 bits per heavy atom. The van der Waals surface area contributed by atoms with Gasteiger partial charge in [-0.1, -0.05) is 48.5 Å². The van der Waals surface area contributed by atoms with Gasteiger partial charge in [0.05, 0.1) is 22.7 Å². The predicted octanol–water partition coefficient (Wildman–Crippen LogP) is 7.82. The topological polar surface area (TPSA) is 70.8 Å². The summed E-state index contributed by atoms with van der Waals surface area (Å²) in [5.41, 5.74) is 4.66. The van der Waals surface area contributed by atoms with E-state index in [9.17, 15) is 19.1 Å². The number of hydrogen-bond donors (Lipinski definition) is 2. The van der Waals surface area contributed by atoms with Crippen LogP contribution >= 0.6 is 0 Å². The molecule has 0 spiro atoms. The van der Waals surface area contributed by atoms with Crippen molar-refractivity contribution in [2.24, 2.45) is 0 Å². The summed E-state index contributed by atoms with van der Waals surface area (Å²) in [6.45, 7) is 1.82. The lowest BCUT2D eigenvalue weighted by Crippen LogP contribution is -2.27. The molecule has 1 amide bonds. The number of carboxylic acids is 1. The molecule has 0 fully saturated rings. The van der Waals surface area contributed by atoms with Gasteiger partial charge in [0.15, 0.2) is 0 Å². The van der Waals surface area contributed by atoms with E-state index in [-0.39, 0.29) is 29.5 Å². The van der Waals surface area contributed by atoms with Crippen LogP contribution in [0.5, 0.6) is 0 Å². The third kappa shape index (κ3) is 5.24. The second-order valence-corrected chi connectivity index (χ2v) is 10.3. The van der Waals surface area contributed by atoms with Crippen LogP contribution in [0.2, 0.25) is 0 Å². The van der Waals surface area contributed by atoms with E-state index >= 15 is 4.39 Å². The third-order valence-electron chi connectivity index (χ3n) is 7.55. The molecule has 0 unspecified atom stereocenters. The molecule has 0 aliphatic heterocycles. The van der Waals surface area contributed by atoms with E-state index in [1.54, 1.807) is 30.3 Å². The Hall–Kier alpha value is -5.30. The van der Waals surface area contributed by atoms with Crippen LogP contribution in [0.4, 0.5) is 8.78 Å². The van der Waals surface area contributed by atoms with Crippen LogP contribution in [0.3, 0.4) is 0 Å². The smallest absolute Gasteiger partial charge is 0.335 e. The number of nitrogens with zero attached hydrogens (tertiary/aromatic N) is 1. The lowest BCUT2D eigenvalue weighted by molar-refractivity contribution is 0.0696. The maximum absolute atomic E-state index is 15.2. The normalized spacial score (nSPS) is 12.0. The molecule has 0 saturated carbocycles. The van der Waals surface area contributed by atoms with Crippen molar-refractivity contribution in [1.29, 1.82) is 0 Å². The van der Waals surface area contributed by atoms with Crippen LogP contribution < -0.4 is 5.32 Å². The summed E-state index contributed by atoms with van der Waals surface area (Å²) in [6.07, 6.45) is 3.98. The molecule has 6 rings (SSSR count). The molecular weight excluding hydrogens is 534 g/mol. The first-order valence-corrected chi connectivity index (χ1v) is 13.5. The Bertz CT molecular complexity index is 1960. The minimum Gasteiger partial charge on any atom is -0.478 e. The average Bonchev–Trinajstić information content (AvgIpc) is 3.40. The maximum Gasteiger partial charge on any atom is 0.335 e. The number of carbonyl (C=O) groups is 2. The Balaban J connectivity index is 1.41. The van der Waals surface area contributed by atoms with Crippen molar-refractivity contribution < 1.29 is 23.5 Å². The molecule has 0 aliphatic carbocycles. The van der Waals surface area contributed by atoms with Gasteiger partial charge in [-0.05, 0) is 94.0 Å².